The second-order valence-corrected chi connectivity index (χ2v) is 18.6. The van der Waals surface area contributed by atoms with Crippen LogP contribution >= 0.6 is 0 Å². The monoisotopic (exact) mass is 709 g/mol. The summed E-state index contributed by atoms with van der Waals surface area (Å²) in [5, 5.41) is 18.9. The third-order valence-corrected chi connectivity index (χ3v) is 13.5. The number of carbonyl (C=O) groups excluding carboxylic acids is 2. The van der Waals surface area contributed by atoms with Gasteiger partial charge in [0, 0.05) is 48.4 Å². The molecule has 1 unspecified atom stereocenters. The van der Waals surface area contributed by atoms with E-state index < -0.39 is 20.0 Å². The third kappa shape index (κ3) is 6.39. The predicted octanol–water partition coefficient (Wildman–Crippen LogP) is 5.36. The molecular weight excluding hydrogens is 663 g/mol. The van der Waals surface area contributed by atoms with Gasteiger partial charge in [0.1, 0.15) is 5.75 Å². The molecule has 0 aliphatic carbocycles. The van der Waals surface area contributed by atoms with Crippen LogP contribution in [0.25, 0.3) is 0 Å². The number of amides is 2. The molecule has 1 aromatic heterocycles. The highest BCUT2D eigenvalue weighted by Gasteiger charge is 2.66. The zero-order chi connectivity index (χ0) is 35.9. The maximum absolute atomic E-state index is 15.0. The van der Waals surface area contributed by atoms with Crippen molar-refractivity contribution >= 4 is 31.5 Å². The Hall–Kier alpha value is -4.36. The summed E-state index contributed by atoms with van der Waals surface area (Å²) in [5.74, 6) is -0.0495. The first-order valence-corrected chi connectivity index (χ1v) is 20.9. The van der Waals surface area contributed by atoms with E-state index >= 15 is 0 Å². The number of piperidine rings is 1. The lowest BCUT2D eigenvalue weighted by Crippen LogP contribution is -2.46. The highest BCUT2D eigenvalue weighted by Crippen LogP contribution is 2.60. The maximum atomic E-state index is 15.0. The van der Waals surface area contributed by atoms with E-state index in [2.05, 4.69) is 10.3 Å². The number of aromatic nitrogens is 3. The highest BCUT2D eigenvalue weighted by molar-refractivity contribution is 6.71. The maximum Gasteiger partial charge on any atom is 0.264 e. The number of aliphatic hydroxyl groups excluding tert-OH is 1. The standard InChI is InChI=1S/C39H47N5O6Si/c1-26-37(51(3,4)48)35(18-20-42-24-33(40-41-42)31(25-45)28-12-6-5-7-13-28)50-39(26)32-22-30(49-2)16-17-34(32)44(38(39)47)23-27-11-10-14-29(21-27)43-19-9-8-15-36(43)46/h5-7,10-14,16-17,21-22,24,26,31,35,37,45,48H,8-9,15,18-20,23,25H2,1-4H3/t26-,31?,35+,37-,39+/m1/s1. The first-order chi connectivity index (χ1) is 24.5. The zero-order valence-electron chi connectivity index (χ0n) is 29.7. The van der Waals surface area contributed by atoms with E-state index in [0.717, 1.165) is 40.9 Å². The normalized spacial score (nSPS) is 24.0. The molecule has 268 valence electrons. The second kappa shape index (κ2) is 14.0. The van der Waals surface area contributed by atoms with Crippen LogP contribution in [0.15, 0.2) is 79.0 Å². The van der Waals surface area contributed by atoms with Crippen LogP contribution in [0, 0.1) is 5.92 Å². The number of rotatable bonds is 11. The number of benzene rings is 3. The van der Waals surface area contributed by atoms with Crippen molar-refractivity contribution in [1.29, 1.82) is 0 Å². The molecule has 0 bridgehead atoms. The number of ether oxygens (including phenoxy) is 2. The summed E-state index contributed by atoms with van der Waals surface area (Å²) >= 11 is 0. The molecule has 2 amide bonds. The number of aliphatic hydroxyl groups is 1. The highest BCUT2D eigenvalue weighted by atomic mass is 28.4. The Balaban J connectivity index is 1.18. The molecular formula is C39H47N5O6Si. The second-order valence-electron chi connectivity index (χ2n) is 14.6. The molecule has 2 N–H and O–H groups in total. The number of nitrogens with zero attached hydrogens (tertiary/aromatic N) is 5. The number of fused-ring (bicyclic) bond motifs is 2. The van der Waals surface area contributed by atoms with Gasteiger partial charge in [-0.25, -0.2) is 0 Å². The Bertz CT molecular complexity index is 1900. The Kier molecular flexibility index (Phi) is 9.61. The van der Waals surface area contributed by atoms with Crippen molar-refractivity contribution in [3.63, 3.8) is 0 Å². The summed E-state index contributed by atoms with van der Waals surface area (Å²) in [5.41, 5.74) is 3.29. The minimum Gasteiger partial charge on any atom is -0.497 e. The van der Waals surface area contributed by atoms with Crippen LogP contribution in [0.2, 0.25) is 18.6 Å². The van der Waals surface area contributed by atoms with Gasteiger partial charge < -0.3 is 29.2 Å². The molecule has 5 atom stereocenters. The smallest absolute Gasteiger partial charge is 0.264 e. The largest absolute Gasteiger partial charge is 0.497 e. The van der Waals surface area contributed by atoms with Crippen LogP contribution < -0.4 is 14.5 Å². The first kappa shape index (κ1) is 35.1. The molecule has 4 heterocycles. The van der Waals surface area contributed by atoms with Crippen molar-refractivity contribution in [1.82, 2.24) is 15.0 Å². The number of aryl methyl sites for hydroxylation is 1. The third-order valence-electron chi connectivity index (χ3n) is 11.0. The van der Waals surface area contributed by atoms with E-state index in [-0.39, 0.29) is 35.8 Å². The number of hydrogen-bond donors (Lipinski definition) is 2. The fourth-order valence-corrected chi connectivity index (χ4v) is 11.2. The molecule has 3 aromatic carbocycles. The van der Waals surface area contributed by atoms with Crippen LogP contribution in [0.1, 0.15) is 60.9 Å². The van der Waals surface area contributed by atoms with Crippen molar-refractivity contribution in [2.45, 2.75) is 82.0 Å². The van der Waals surface area contributed by atoms with Gasteiger partial charge in [-0.15, -0.1) is 5.10 Å². The Morgan fingerprint density at radius 1 is 1.06 bits per heavy atom. The number of carbonyl (C=O) groups is 2. The van der Waals surface area contributed by atoms with Gasteiger partial charge in [-0.1, -0.05) is 54.6 Å². The molecule has 2 saturated heterocycles. The molecule has 4 aromatic rings. The van der Waals surface area contributed by atoms with Gasteiger partial charge in [-0.3, -0.25) is 14.3 Å². The first-order valence-electron chi connectivity index (χ1n) is 17.9. The van der Waals surface area contributed by atoms with E-state index in [9.17, 15) is 19.5 Å². The molecule has 2 fully saturated rings. The average molecular weight is 710 g/mol. The SMILES string of the molecule is COc1ccc2c(c1)[C@]1(O[C@@H](CCn3cc(C(CO)c4ccccc4)nn3)[C@H]([Si](C)(C)O)[C@H]1C)C(=O)N2Cc1cccc(N2CCCCC2=O)c1. The molecule has 7 rings (SSSR count). The van der Waals surface area contributed by atoms with Gasteiger partial charge in [0.25, 0.3) is 5.91 Å². The Morgan fingerprint density at radius 2 is 1.86 bits per heavy atom. The van der Waals surface area contributed by atoms with E-state index in [1.807, 2.05) is 104 Å². The quantitative estimate of drug-likeness (QED) is 0.199. The Labute approximate surface area is 299 Å². The van der Waals surface area contributed by atoms with Gasteiger partial charge in [0.2, 0.25) is 5.91 Å². The molecule has 0 saturated carbocycles. The summed E-state index contributed by atoms with van der Waals surface area (Å²) in [6.07, 6.45) is 4.35. The molecule has 12 heteroatoms. The summed E-state index contributed by atoms with van der Waals surface area (Å²) in [4.78, 5) is 43.1. The molecule has 0 radical (unpaired) electrons. The van der Waals surface area contributed by atoms with Crippen LogP contribution in [0.5, 0.6) is 5.75 Å². The minimum absolute atomic E-state index is 0.0942. The van der Waals surface area contributed by atoms with Gasteiger partial charge in [0.05, 0.1) is 43.7 Å². The van der Waals surface area contributed by atoms with Crippen molar-refractivity contribution in [3.8, 4) is 5.75 Å². The predicted molar refractivity (Wildman–Crippen MR) is 196 cm³/mol. The molecule has 11 nitrogen and oxygen atoms in total. The van der Waals surface area contributed by atoms with E-state index in [1.165, 1.54) is 0 Å². The Morgan fingerprint density at radius 3 is 2.59 bits per heavy atom. The van der Waals surface area contributed by atoms with Gasteiger partial charge in [0.15, 0.2) is 13.9 Å². The van der Waals surface area contributed by atoms with Crippen LogP contribution in [0.4, 0.5) is 11.4 Å². The molecule has 51 heavy (non-hydrogen) atoms. The van der Waals surface area contributed by atoms with Crippen molar-refractivity contribution in [3.05, 3.63) is 101 Å². The minimum atomic E-state index is -2.89. The average Bonchev–Trinajstić information content (AvgIpc) is 3.78. The summed E-state index contributed by atoms with van der Waals surface area (Å²) in [6.45, 7) is 7.22. The number of methoxy groups -OCH3 is 1. The van der Waals surface area contributed by atoms with E-state index in [4.69, 9.17) is 9.47 Å². The van der Waals surface area contributed by atoms with E-state index in [0.29, 0.717) is 43.9 Å². The van der Waals surface area contributed by atoms with Crippen molar-refractivity contribution in [2.75, 3.05) is 30.1 Å². The summed E-state index contributed by atoms with van der Waals surface area (Å²) in [6, 6.07) is 23.3. The molecule has 1 spiro atoms. The van der Waals surface area contributed by atoms with E-state index in [1.54, 1.807) is 16.7 Å². The summed E-state index contributed by atoms with van der Waals surface area (Å²) < 4.78 is 14.4. The summed E-state index contributed by atoms with van der Waals surface area (Å²) in [7, 11) is -1.28. The van der Waals surface area contributed by atoms with Crippen LogP contribution in [-0.4, -0.2) is 71.4 Å². The van der Waals surface area contributed by atoms with Crippen LogP contribution in [-0.2, 0) is 33.0 Å². The van der Waals surface area contributed by atoms with Crippen molar-refractivity contribution in [2.24, 2.45) is 5.92 Å². The zero-order valence-corrected chi connectivity index (χ0v) is 30.7. The van der Waals surface area contributed by atoms with Gasteiger partial charge in [-0.05, 0) is 73.8 Å². The lowest BCUT2D eigenvalue weighted by Gasteiger charge is -2.32. The molecule has 3 aliphatic rings. The fourth-order valence-electron chi connectivity index (χ4n) is 8.59. The van der Waals surface area contributed by atoms with Gasteiger partial charge >= 0.3 is 0 Å². The lowest BCUT2D eigenvalue weighted by molar-refractivity contribution is -0.146. The van der Waals surface area contributed by atoms with Gasteiger partial charge in [-0.2, -0.15) is 0 Å². The van der Waals surface area contributed by atoms with Crippen molar-refractivity contribution < 1.29 is 29.0 Å². The lowest BCUT2D eigenvalue weighted by atomic mass is 9.82. The fraction of sp³-hybridized carbons (Fsp3) is 0.436. The molecule has 3 aliphatic heterocycles. The number of hydrogen-bond acceptors (Lipinski definition) is 8. The van der Waals surface area contributed by atoms with Crippen LogP contribution in [0.3, 0.4) is 0 Å². The topological polar surface area (TPSA) is 130 Å². The number of anilines is 2.